The van der Waals surface area contributed by atoms with Gasteiger partial charge in [0.2, 0.25) is 5.79 Å². The van der Waals surface area contributed by atoms with E-state index in [9.17, 15) is 20.4 Å². The third-order valence-electron chi connectivity index (χ3n) is 7.39. The first-order valence-electron chi connectivity index (χ1n) is 11.3. The van der Waals surface area contributed by atoms with Crippen LogP contribution in [0.25, 0.3) is 0 Å². The molecule has 0 bridgehead atoms. The lowest BCUT2D eigenvalue weighted by Crippen LogP contribution is -2.81. The Morgan fingerprint density at radius 2 is 1.53 bits per heavy atom. The number of aliphatic hydroxyl groups excluding tert-OH is 4. The Morgan fingerprint density at radius 3 is 2.00 bits per heavy atom. The highest BCUT2D eigenvalue weighted by Gasteiger charge is 2.74. The Balaban J connectivity index is 1.53. The van der Waals surface area contributed by atoms with Gasteiger partial charge in [-0.05, 0) is 6.42 Å². The second-order valence-corrected chi connectivity index (χ2v) is 9.00. The molecule has 4 unspecified atom stereocenters. The summed E-state index contributed by atoms with van der Waals surface area (Å²) in [6, 6.07) is 0. The quantitative estimate of drug-likeness (QED) is 0.358. The summed E-state index contributed by atoms with van der Waals surface area (Å²) in [5.41, 5.74) is -1.31. The zero-order valence-electron chi connectivity index (χ0n) is 17.7. The van der Waals surface area contributed by atoms with Crippen LogP contribution in [0.4, 0.5) is 0 Å². The van der Waals surface area contributed by atoms with Crippen LogP contribution in [0.5, 0.6) is 0 Å². The minimum atomic E-state index is -1.50. The van der Waals surface area contributed by atoms with E-state index in [1.165, 1.54) is 6.42 Å². The maximum Gasteiger partial charge on any atom is 0.205 e. The van der Waals surface area contributed by atoms with Gasteiger partial charge in [0.25, 0.3) is 0 Å². The van der Waals surface area contributed by atoms with Crippen molar-refractivity contribution >= 4 is 0 Å². The number of rotatable bonds is 10. The number of aliphatic hydroxyl groups is 4. The lowest BCUT2D eigenvalue weighted by atomic mass is 9.63. The lowest BCUT2D eigenvalue weighted by Gasteiger charge is -2.68. The maximum atomic E-state index is 10.5. The van der Waals surface area contributed by atoms with Crippen LogP contribution in [0.2, 0.25) is 0 Å². The van der Waals surface area contributed by atoms with E-state index in [1.54, 1.807) is 0 Å². The summed E-state index contributed by atoms with van der Waals surface area (Å²) in [7, 11) is 0. The molecule has 0 aromatic heterocycles. The van der Waals surface area contributed by atoms with Crippen molar-refractivity contribution in [3.8, 4) is 0 Å². The van der Waals surface area contributed by atoms with Crippen LogP contribution >= 0.6 is 0 Å². The first kappa shape index (κ1) is 22.8. The van der Waals surface area contributed by atoms with E-state index in [2.05, 4.69) is 6.92 Å². The molecule has 4 rings (SSSR count). The second kappa shape index (κ2) is 8.88. The molecule has 0 saturated carbocycles. The molecule has 8 atom stereocenters. The monoisotopic (exact) mass is 432 g/mol. The van der Waals surface area contributed by atoms with E-state index < -0.39 is 54.3 Å². The Bertz CT molecular complexity index is 571. The zero-order valence-corrected chi connectivity index (χ0v) is 17.7. The summed E-state index contributed by atoms with van der Waals surface area (Å²) in [6.07, 6.45) is 0.702. The van der Waals surface area contributed by atoms with E-state index >= 15 is 0 Å². The summed E-state index contributed by atoms with van der Waals surface area (Å²) in [5.74, 6) is -1.16. The van der Waals surface area contributed by atoms with Gasteiger partial charge in [0, 0.05) is 19.3 Å². The minimum absolute atomic E-state index is 0.481. The molecule has 9 heteroatoms. The number of hydrogen-bond acceptors (Lipinski definition) is 9. The Morgan fingerprint density at radius 1 is 0.867 bits per heavy atom. The van der Waals surface area contributed by atoms with E-state index in [-0.39, 0.29) is 0 Å². The molecule has 0 aromatic carbocycles. The summed E-state index contributed by atoms with van der Waals surface area (Å²) >= 11 is 0. The SMILES string of the molecule is CCCCCCC1(C2(C3(OC4O[C@H](CO)[C@@H](O)[C@H](O)[C@H]4O)CCO3)CCO2)CCO1. The van der Waals surface area contributed by atoms with Gasteiger partial charge in [-0.1, -0.05) is 32.6 Å². The van der Waals surface area contributed by atoms with Crippen molar-refractivity contribution in [3.05, 3.63) is 0 Å². The molecule has 0 spiro atoms. The van der Waals surface area contributed by atoms with Crippen LogP contribution in [0.15, 0.2) is 0 Å². The number of hydrogen-bond donors (Lipinski definition) is 4. The molecule has 4 aliphatic heterocycles. The normalized spacial score (nSPS) is 48.5. The molecule has 4 N–H and O–H groups in total. The Labute approximate surface area is 177 Å². The van der Waals surface area contributed by atoms with Gasteiger partial charge in [0.15, 0.2) is 11.9 Å². The first-order valence-corrected chi connectivity index (χ1v) is 11.3. The molecule has 9 nitrogen and oxygen atoms in total. The van der Waals surface area contributed by atoms with E-state index in [4.69, 9.17) is 23.7 Å². The van der Waals surface area contributed by atoms with Crippen molar-refractivity contribution < 1.29 is 44.1 Å². The van der Waals surface area contributed by atoms with Crippen LogP contribution in [0.3, 0.4) is 0 Å². The fourth-order valence-electron chi connectivity index (χ4n) is 5.36. The number of ether oxygens (including phenoxy) is 5. The summed E-state index contributed by atoms with van der Waals surface area (Å²) in [5, 5.41) is 40.1. The van der Waals surface area contributed by atoms with Crippen molar-refractivity contribution in [2.45, 2.75) is 106 Å². The summed E-state index contributed by atoms with van der Waals surface area (Å²) in [6.45, 7) is 3.38. The first-order chi connectivity index (χ1) is 14.4. The van der Waals surface area contributed by atoms with Crippen LogP contribution in [-0.2, 0) is 23.7 Å². The van der Waals surface area contributed by atoms with Crippen LogP contribution < -0.4 is 0 Å². The smallest absolute Gasteiger partial charge is 0.205 e. The highest BCUT2D eigenvalue weighted by Crippen LogP contribution is 2.59. The van der Waals surface area contributed by atoms with Gasteiger partial charge in [-0.3, -0.25) is 0 Å². The third-order valence-corrected chi connectivity index (χ3v) is 7.39. The van der Waals surface area contributed by atoms with Crippen molar-refractivity contribution in [2.24, 2.45) is 0 Å². The van der Waals surface area contributed by atoms with Crippen LogP contribution in [0, 0.1) is 0 Å². The van der Waals surface area contributed by atoms with Crippen molar-refractivity contribution in [1.82, 2.24) is 0 Å². The zero-order chi connectivity index (χ0) is 21.4. The van der Waals surface area contributed by atoms with Gasteiger partial charge in [0.05, 0.1) is 26.4 Å². The highest BCUT2D eigenvalue weighted by atomic mass is 16.8. The van der Waals surface area contributed by atoms with Gasteiger partial charge in [-0.15, -0.1) is 0 Å². The van der Waals surface area contributed by atoms with Gasteiger partial charge in [-0.2, -0.15) is 0 Å². The van der Waals surface area contributed by atoms with Gasteiger partial charge >= 0.3 is 0 Å². The van der Waals surface area contributed by atoms with Crippen molar-refractivity contribution in [1.29, 1.82) is 0 Å². The van der Waals surface area contributed by atoms with Crippen LogP contribution in [-0.4, -0.2) is 94.5 Å². The van der Waals surface area contributed by atoms with Gasteiger partial charge < -0.3 is 44.1 Å². The molecule has 4 aliphatic rings. The number of unbranched alkanes of at least 4 members (excludes halogenated alkanes) is 3. The standard InChI is InChI=1S/C21H36O9/c1-2-3-4-5-6-19(7-10-26-19)20(8-11-27-20)21(9-12-28-21)30-18-17(25)16(24)15(23)14(13-22)29-18/h14-18,22-25H,2-13H2,1H3/t14-,15-,16+,17-,18?,19?,20?,21?/m1/s1. The van der Waals surface area contributed by atoms with Gasteiger partial charge in [-0.25, -0.2) is 0 Å². The molecule has 0 aliphatic carbocycles. The largest absolute Gasteiger partial charge is 0.394 e. The maximum absolute atomic E-state index is 10.5. The molecular weight excluding hydrogens is 396 g/mol. The molecule has 4 fully saturated rings. The van der Waals surface area contributed by atoms with E-state index in [0.29, 0.717) is 32.7 Å². The lowest BCUT2D eigenvalue weighted by molar-refractivity contribution is -0.492. The molecule has 174 valence electrons. The predicted molar refractivity (Wildman–Crippen MR) is 104 cm³/mol. The molecule has 30 heavy (non-hydrogen) atoms. The fraction of sp³-hybridized carbons (Fsp3) is 1.00. The van der Waals surface area contributed by atoms with Crippen molar-refractivity contribution in [3.63, 3.8) is 0 Å². The highest BCUT2D eigenvalue weighted by molar-refractivity contribution is 5.19. The Hall–Kier alpha value is -0.360. The third kappa shape index (κ3) is 3.43. The van der Waals surface area contributed by atoms with E-state index in [0.717, 1.165) is 32.1 Å². The molecule has 0 aromatic rings. The van der Waals surface area contributed by atoms with Gasteiger partial charge in [0.1, 0.15) is 30.0 Å². The summed E-state index contributed by atoms with van der Waals surface area (Å²) < 4.78 is 30.2. The summed E-state index contributed by atoms with van der Waals surface area (Å²) in [4.78, 5) is 0. The topological polar surface area (TPSA) is 127 Å². The fourth-order valence-corrected chi connectivity index (χ4v) is 5.36. The van der Waals surface area contributed by atoms with Crippen molar-refractivity contribution in [2.75, 3.05) is 26.4 Å². The average Bonchev–Trinajstić information content (AvgIpc) is 2.65. The molecule has 4 heterocycles. The van der Waals surface area contributed by atoms with Crippen LogP contribution in [0.1, 0.15) is 58.3 Å². The second-order valence-electron chi connectivity index (χ2n) is 9.00. The molecule has 0 amide bonds. The average molecular weight is 433 g/mol. The minimum Gasteiger partial charge on any atom is -0.394 e. The predicted octanol–water partition coefficient (Wildman–Crippen LogP) is 0.208. The molecular formula is C21H36O9. The molecule has 0 radical (unpaired) electrons. The van der Waals surface area contributed by atoms with E-state index in [1.807, 2.05) is 0 Å². The molecule has 4 saturated heterocycles. The Kier molecular flexibility index (Phi) is 6.75.